The Morgan fingerprint density at radius 3 is 2.18 bits per heavy atom. The Balaban J connectivity index is 1.62. The van der Waals surface area contributed by atoms with Gasteiger partial charge in [0.05, 0.1) is 10.5 Å². The van der Waals surface area contributed by atoms with Gasteiger partial charge in [-0.15, -0.1) is 0 Å². The van der Waals surface area contributed by atoms with Gasteiger partial charge >= 0.3 is 6.18 Å². The SMILES string of the molecule is O=C(CS(=O)(=O)c1ccccc1)N1CCN(c2cccc(C(F)(F)F)c2)CC1. The molecule has 3 rings (SSSR count). The van der Waals surface area contributed by atoms with E-state index >= 15 is 0 Å². The molecule has 0 saturated carbocycles. The summed E-state index contributed by atoms with van der Waals surface area (Å²) in [6.45, 7) is 1.16. The zero-order chi connectivity index (χ0) is 20.4. The normalized spacial score (nSPS) is 15.5. The second-order valence-electron chi connectivity index (χ2n) is 6.49. The van der Waals surface area contributed by atoms with Crippen LogP contribution in [0.4, 0.5) is 18.9 Å². The smallest absolute Gasteiger partial charge is 0.368 e. The molecule has 150 valence electrons. The van der Waals surface area contributed by atoms with Crippen LogP contribution in [0.3, 0.4) is 0 Å². The first kappa shape index (κ1) is 20.2. The van der Waals surface area contributed by atoms with E-state index in [1.54, 1.807) is 29.2 Å². The maximum atomic E-state index is 12.9. The number of hydrogen-bond donors (Lipinski definition) is 0. The second-order valence-corrected chi connectivity index (χ2v) is 8.48. The Hall–Kier alpha value is -2.55. The number of carbonyl (C=O) groups is 1. The van der Waals surface area contributed by atoms with Crippen molar-refractivity contribution in [1.82, 2.24) is 4.90 Å². The number of amides is 1. The molecule has 0 N–H and O–H groups in total. The summed E-state index contributed by atoms with van der Waals surface area (Å²) in [5.41, 5.74) is -0.295. The van der Waals surface area contributed by atoms with Gasteiger partial charge in [0.25, 0.3) is 0 Å². The molecule has 0 aliphatic carbocycles. The Morgan fingerprint density at radius 2 is 1.57 bits per heavy atom. The van der Waals surface area contributed by atoms with Crippen LogP contribution in [0.1, 0.15) is 5.56 Å². The fourth-order valence-corrected chi connectivity index (χ4v) is 4.30. The number of halogens is 3. The first-order chi connectivity index (χ1) is 13.2. The highest BCUT2D eigenvalue weighted by molar-refractivity contribution is 7.92. The number of alkyl halides is 3. The quantitative estimate of drug-likeness (QED) is 0.775. The van der Waals surface area contributed by atoms with E-state index in [0.29, 0.717) is 18.8 Å². The summed E-state index contributed by atoms with van der Waals surface area (Å²) in [6, 6.07) is 12.8. The number of rotatable bonds is 4. The summed E-state index contributed by atoms with van der Waals surface area (Å²) >= 11 is 0. The third-order valence-corrected chi connectivity index (χ3v) is 6.20. The van der Waals surface area contributed by atoms with Crippen LogP contribution in [0.25, 0.3) is 0 Å². The van der Waals surface area contributed by atoms with E-state index in [0.717, 1.165) is 12.1 Å². The molecule has 1 heterocycles. The van der Waals surface area contributed by atoms with Gasteiger partial charge in [0.2, 0.25) is 5.91 Å². The zero-order valence-corrected chi connectivity index (χ0v) is 15.7. The first-order valence-electron chi connectivity index (χ1n) is 8.64. The van der Waals surface area contributed by atoms with Gasteiger partial charge in [-0.05, 0) is 30.3 Å². The summed E-state index contributed by atoms with van der Waals surface area (Å²) in [5.74, 6) is -1.13. The topological polar surface area (TPSA) is 57.7 Å². The lowest BCUT2D eigenvalue weighted by molar-refractivity contribution is -0.137. The largest absolute Gasteiger partial charge is 0.416 e. The molecule has 28 heavy (non-hydrogen) atoms. The summed E-state index contributed by atoms with van der Waals surface area (Å²) in [4.78, 5) is 15.7. The predicted octanol–water partition coefficient (Wildman–Crippen LogP) is 2.83. The number of benzene rings is 2. The second kappa shape index (κ2) is 7.83. The lowest BCUT2D eigenvalue weighted by Gasteiger charge is -2.36. The third kappa shape index (κ3) is 4.64. The van der Waals surface area contributed by atoms with Gasteiger partial charge in [-0.1, -0.05) is 24.3 Å². The molecule has 2 aromatic rings. The van der Waals surface area contributed by atoms with Gasteiger partial charge in [-0.25, -0.2) is 8.42 Å². The summed E-state index contributed by atoms with van der Waals surface area (Å²) < 4.78 is 63.3. The maximum Gasteiger partial charge on any atom is 0.416 e. The molecule has 1 aliphatic rings. The fraction of sp³-hybridized carbons (Fsp3) is 0.316. The molecule has 1 aliphatic heterocycles. The van der Waals surface area contributed by atoms with Crippen LogP contribution < -0.4 is 4.90 Å². The average molecular weight is 412 g/mol. The van der Waals surface area contributed by atoms with Gasteiger partial charge in [0, 0.05) is 31.9 Å². The first-order valence-corrected chi connectivity index (χ1v) is 10.3. The van der Waals surface area contributed by atoms with Crippen LogP contribution >= 0.6 is 0 Å². The van der Waals surface area contributed by atoms with Crippen LogP contribution in [0, 0.1) is 0 Å². The van der Waals surface area contributed by atoms with Crippen molar-refractivity contribution in [3.8, 4) is 0 Å². The van der Waals surface area contributed by atoms with Crippen molar-refractivity contribution < 1.29 is 26.4 Å². The Labute approximate surface area is 161 Å². The van der Waals surface area contributed by atoms with Crippen molar-refractivity contribution in [3.05, 3.63) is 60.2 Å². The predicted molar refractivity (Wildman–Crippen MR) is 98.7 cm³/mol. The Morgan fingerprint density at radius 1 is 0.929 bits per heavy atom. The minimum atomic E-state index is -4.42. The number of sulfone groups is 1. The molecule has 1 amide bonds. The highest BCUT2D eigenvalue weighted by Crippen LogP contribution is 2.31. The van der Waals surface area contributed by atoms with Gasteiger partial charge in [-0.2, -0.15) is 13.2 Å². The molecule has 0 bridgehead atoms. The highest BCUT2D eigenvalue weighted by Gasteiger charge is 2.31. The van der Waals surface area contributed by atoms with Crippen molar-refractivity contribution in [2.75, 3.05) is 36.8 Å². The maximum absolute atomic E-state index is 12.9. The molecule has 0 spiro atoms. The molecule has 0 aromatic heterocycles. The fourth-order valence-electron chi connectivity index (χ4n) is 3.06. The molecule has 0 radical (unpaired) electrons. The van der Waals surface area contributed by atoms with Crippen LogP contribution in [-0.4, -0.2) is 51.2 Å². The minimum Gasteiger partial charge on any atom is -0.368 e. The van der Waals surface area contributed by atoms with Crippen molar-refractivity contribution in [1.29, 1.82) is 0 Å². The Bertz CT molecular complexity index is 938. The van der Waals surface area contributed by atoms with Gasteiger partial charge in [-0.3, -0.25) is 4.79 Å². The van der Waals surface area contributed by atoms with E-state index in [4.69, 9.17) is 0 Å². The number of piperazine rings is 1. The molecule has 0 atom stereocenters. The van der Waals surface area contributed by atoms with Gasteiger partial charge in [0.1, 0.15) is 5.75 Å². The average Bonchev–Trinajstić information content (AvgIpc) is 2.68. The standard InChI is InChI=1S/C19H19F3N2O3S/c20-19(21,22)15-5-4-6-16(13-15)23-9-11-24(12-10-23)18(25)14-28(26,27)17-7-2-1-3-8-17/h1-8,13H,9-12,14H2. The monoisotopic (exact) mass is 412 g/mol. The Kier molecular flexibility index (Phi) is 5.64. The van der Waals surface area contributed by atoms with E-state index in [1.807, 2.05) is 0 Å². The zero-order valence-electron chi connectivity index (χ0n) is 14.9. The molecule has 9 heteroatoms. The highest BCUT2D eigenvalue weighted by atomic mass is 32.2. The molecule has 1 saturated heterocycles. The van der Waals surface area contributed by atoms with Crippen LogP contribution in [0.5, 0.6) is 0 Å². The van der Waals surface area contributed by atoms with E-state index < -0.39 is 33.2 Å². The molecule has 0 unspecified atom stereocenters. The van der Waals surface area contributed by atoms with Crippen LogP contribution in [0.2, 0.25) is 0 Å². The van der Waals surface area contributed by atoms with Crippen molar-refractivity contribution in [2.24, 2.45) is 0 Å². The molecular formula is C19H19F3N2O3S. The lowest BCUT2D eigenvalue weighted by atomic mass is 10.1. The minimum absolute atomic E-state index is 0.0888. The molecular weight excluding hydrogens is 393 g/mol. The summed E-state index contributed by atoms with van der Waals surface area (Å²) in [5, 5.41) is 0. The van der Waals surface area contributed by atoms with E-state index in [2.05, 4.69) is 0 Å². The van der Waals surface area contributed by atoms with Crippen LogP contribution in [-0.2, 0) is 20.8 Å². The van der Waals surface area contributed by atoms with Gasteiger partial charge in [0.15, 0.2) is 9.84 Å². The number of hydrogen-bond acceptors (Lipinski definition) is 4. The molecule has 5 nitrogen and oxygen atoms in total. The molecule has 2 aromatic carbocycles. The van der Waals surface area contributed by atoms with E-state index in [9.17, 15) is 26.4 Å². The summed E-state index contributed by atoms with van der Waals surface area (Å²) in [7, 11) is -3.73. The van der Waals surface area contributed by atoms with Crippen molar-refractivity contribution in [2.45, 2.75) is 11.1 Å². The lowest BCUT2D eigenvalue weighted by Crippen LogP contribution is -2.50. The number of anilines is 1. The number of carbonyl (C=O) groups excluding carboxylic acids is 1. The van der Waals surface area contributed by atoms with E-state index in [-0.39, 0.29) is 18.0 Å². The number of nitrogens with zero attached hydrogens (tertiary/aromatic N) is 2. The van der Waals surface area contributed by atoms with Gasteiger partial charge < -0.3 is 9.80 Å². The summed E-state index contributed by atoms with van der Waals surface area (Å²) in [6.07, 6.45) is -4.42. The third-order valence-electron chi connectivity index (χ3n) is 4.59. The van der Waals surface area contributed by atoms with E-state index in [1.165, 1.54) is 23.1 Å². The van der Waals surface area contributed by atoms with Crippen molar-refractivity contribution in [3.63, 3.8) is 0 Å². The van der Waals surface area contributed by atoms with Crippen LogP contribution in [0.15, 0.2) is 59.5 Å². The van der Waals surface area contributed by atoms with Crippen molar-refractivity contribution >= 4 is 21.4 Å². The molecule has 1 fully saturated rings.